The van der Waals surface area contributed by atoms with Gasteiger partial charge >= 0.3 is 0 Å². The summed E-state index contributed by atoms with van der Waals surface area (Å²) in [7, 11) is -2.20. The van der Waals surface area contributed by atoms with Crippen LogP contribution in [0.3, 0.4) is 0 Å². The number of rotatable bonds is 4. The summed E-state index contributed by atoms with van der Waals surface area (Å²) >= 11 is 0. The number of nitrogens with one attached hydrogen (secondary N) is 1. The lowest BCUT2D eigenvalue weighted by Crippen LogP contribution is -2.50. The molecule has 4 fully saturated rings. The molecule has 29 heavy (non-hydrogen) atoms. The Bertz CT molecular complexity index is 573. The summed E-state index contributed by atoms with van der Waals surface area (Å²) in [6.07, 6.45) is 12.1. The van der Waals surface area contributed by atoms with Gasteiger partial charge in [-0.25, -0.2) is 0 Å². The average Bonchev–Trinajstić information content (AvgIpc) is 3.18. The molecule has 1 amide bonds. The molecule has 6 atom stereocenters. The van der Waals surface area contributed by atoms with Gasteiger partial charge in [0.15, 0.2) is 8.32 Å². The zero-order valence-electron chi connectivity index (χ0n) is 18.6. The molecule has 5 nitrogen and oxygen atoms in total. The largest absolute Gasteiger partial charge is 0.431 e. The van der Waals surface area contributed by atoms with E-state index in [-0.39, 0.29) is 11.6 Å². The van der Waals surface area contributed by atoms with Gasteiger partial charge in [0, 0.05) is 30.7 Å². The number of amides is 1. The van der Waals surface area contributed by atoms with Gasteiger partial charge in [-0.2, -0.15) is 0 Å². The molecule has 2 heterocycles. The zero-order valence-corrected chi connectivity index (χ0v) is 19.6. The number of hydrogen-bond acceptors (Lipinski definition) is 4. The Kier molecular flexibility index (Phi) is 6.74. The topological polar surface area (TPSA) is 78.6 Å². The first-order valence-corrected chi connectivity index (χ1v) is 15.4. The van der Waals surface area contributed by atoms with Crippen molar-refractivity contribution >= 4 is 14.2 Å². The summed E-state index contributed by atoms with van der Waals surface area (Å²) in [5, 5.41) is 3.71. The lowest BCUT2D eigenvalue weighted by atomic mass is 9.71. The Morgan fingerprint density at radius 1 is 1.03 bits per heavy atom. The van der Waals surface area contributed by atoms with Crippen molar-refractivity contribution in [3.63, 3.8) is 0 Å². The van der Waals surface area contributed by atoms with E-state index in [1.807, 2.05) is 13.1 Å². The highest BCUT2D eigenvalue weighted by Gasteiger charge is 2.48. The third-order valence-electron chi connectivity index (χ3n) is 8.83. The van der Waals surface area contributed by atoms with Crippen LogP contribution in [-0.2, 0) is 4.79 Å². The van der Waals surface area contributed by atoms with Gasteiger partial charge in [0.05, 0.1) is 0 Å². The second kappa shape index (κ2) is 8.97. The standard InChI is InChI=1S/C23H43N3O2Si/c1-29(2,28)22-14-20-19(7-4-8-21(20)25-22)23(27)26-11-9-17(10-12-26)18-6-3-5-16(13-18)15-24/h16-22,25,28H,3-15,24H2,1-2H3. The van der Waals surface area contributed by atoms with Crippen molar-refractivity contribution < 1.29 is 9.59 Å². The molecule has 0 spiro atoms. The van der Waals surface area contributed by atoms with Gasteiger partial charge in [-0.1, -0.05) is 19.3 Å². The number of carbonyl (C=O) groups excluding carboxylic acids is 1. The third kappa shape index (κ3) is 4.75. The molecule has 6 unspecified atom stereocenters. The fraction of sp³-hybridized carbons (Fsp3) is 0.957. The van der Waals surface area contributed by atoms with Crippen LogP contribution < -0.4 is 11.1 Å². The molecule has 0 radical (unpaired) electrons. The maximum Gasteiger partial charge on any atom is 0.226 e. The minimum atomic E-state index is -2.20. The first-order valence-electron chi connectivity index (χ1n) is 12.3. The number of nitrogens with zero attached hydrogens (tertiary/aromatic N) is 1. The highest BCUT2D eigenvalue weighted by molar-refractivity contribution is 6.71. The van der Waals surface area contributed by atoms with Gasteiger partial charge in [0.2, 0.25) is 5.91 Å². The summed E-state index contributed by atoms with van der Waals surface area (Å²) in [5.41, 5.74) is 6.20. The van der Waals surface area contributed by atoms with Crippen LogP contribution in [0.25, 0.3) is 0 Å². The molecule has 6 heteroatoms. The SMILES string of the molecule is C[Si](C)(O)C1CC2C(CCCC2C(=O)N2CCC(C3CCCC(CN)C3)CC2)N1. The monoisotopic (exact) mass is 421 g/mol. The van der Waals surface area contributed by atoms with Gasteiger partial charge in [-0.05, 0) is 88.3 Å². The maximum atomic E-state index is 13.5. The van der Waals surface area contributed by atoms with E-state index in [1.165, 1.54) is 44.9 Å². The van der Waals surface area contributed by atoms with E-state index >= 15 is 0 Å². The van der Waals surface area contributed by atoms with Crippen LogP contribution in [0.4, 0.5) is 0 Å². The second-order valence-corrected chi connectivity index (χ2v) is 15.1. The van der Waals surface area contributed by atoms with Crippen LogP contribution in [0.1, 0.15) is 64.2 Å². The first-order chi connectivity index (χ1) is 13.9. The Balaban J connectivity index is 1.32. The van der Waals surface area contributed by atoms with Gasteiger partial charge < -0.3 is 20.7 Å². The number of nitrogens with two attached hydrogens (primary N) is 1. The van der Waals surface area contributed by atoms with Gasteiger partial charge in [-0.15, -0.1) is 0 Å². The van der Waals surface area contributed by atoms with E-state index < -0.39 is 8.32 Å². The van der Waals surface area contributed by atoms with E-state index in [4.69, 9.17) is 5.73 Å². The third-order valence-corrected chi connectivity index (χ3v) is 10.9. The molecular weight excluding hydrogens is 378 g/mol. The van der Waals surface area contributed by atoms with E-state index in [0.29, 0.717) is 17.9 Å². The second-order valence-electron chi connectivity index (χ2n) is 11.1. The number of piperidine rings is 1. The van der Waals surface area contributed by atoms with Crippen LogP contribution >= 0.6 is 0 Å². The van der Waals surface area contributed by atoms with Crippen LogP contribution in [0, 0.1) is 29.6 Å². The molecule has 2 saturated heterocycles. The van der Waals surface area contributed by atoms with Crippen LogP contribution in [-0.4, -0.2) is 55.3 Å². The predicted octanol–water partition coefficient (Wildman–Crippen LogP) is 2.87. The predicted molar refractivity (Wildman–Crippen MR) is 120 cm³/mol. The Hall–Kier alpha value is -0.433. The Labute approximate surface area is 178 Å². The molecule has 2 saturated carbocycles. The minimum absolute atomic E-state index is 0.176. The van der Waals surface area contributed by atoms with Gasteiger partial charge in [0.1, 0.15) is 0 Å². The van der Waals surface area contributed by atoms with Crippen molar-refractivity contribution in [3.8, 4) is 0 Å². The average molecular weight is 422 g/mol. The number of hydrogen-bond donors (Lipinski definition) is 3. The molecule has 4 rings (SSSR count). The molecular formula is C23H43N3O2Si. The van der Waals surface area contributed by atoms with Crippen molar-refractivity contribution in [2.45, 2.75) is 89.0 Å². The van der Waals surface area contributed by atoms with E-state index in [2.05, 4.69) is 10.2 Å². The molecule has 2 aliphatic heterocycles. The number of carbonyl (C=O) groups is 1. The molecule has 0 aromatic rings. The smallest absolute Gasteiger partial charge is 0.226 e. The van der Waals surface area contributed by atoms with Crippen molar-refractivity contribution in [2.75, 3.05) is 19.6 Å². The van der Waals surface area contributed by atoms with E-state index in [9.17, 15) is 9.59 Å². The van der Waals surface area contributed by atoms with E-state index in [1.54, 1.807) is 0 Å². The zero-order chi connectivity index (χ0) is 20.6. The highest BCUT2D eigenvalue weighted by atomic mass is 28.4. The minimum Gasteiger partial charge on any atom is -0.431 e. The molecule has 0 bridgehead atoms. The summed E-state index contributed by atoms with van der Waals surface area (Å²) in [6.45, 7) is 6.82. The summed E-state index contributed by atoms with van der Waals surface area (Å²) in [6, 6.07) is 0.439. The molecule has 4 aliphatic rings. The number of fused-ring (bicyclic) bond motifs is 1. The fourth-order valence-corrected chi connectivity index (χ4v) is 8.47. The highest BCUT2D eigenvalue weighted by Crippen LogP contribution is 2.42. The lowest BCUT2D eigenvalue weighted by Gasteiger charge is -2.42. The lowest BCUT2D eigenvalue weighted by molar-refractivity contribution is -0.140. The van der Waals surface area contributed by atoms with Gasteiger partial charge in [0.25, 0.3) is 0 Å². The van der Waals surface area contributed by atoms with Crippen molar-refractivity contribution in [1.82, 2.24) is 10.2 Å². The normalized spacial score (nSPS) is 39.4. The van der Waals surface area contributed by atoms with E-state index in [0.717, 1.165) is 56.7 Å². The molecule has 2 aliphatic carbocycles. The van der Waals surface area contributed by atoms with Crippen molar-refractivity contribution in [2.24, 2.45) is 35.3 Å². The molecule has 166 valence electrons. The van der Waals surface area contributed by atoms with Gasteiger partial charge in [-0.3, -0.25) is 4.79 Å². The maximum absolute atomic E-state index is 13.5. The summed E-state index contributed by atoms with van der Waals surface area (Å²) in [4.78, 5) is 26.3. The quantitative estimate of drug-likeness (QED) is 0.610. The van der Waals surface area contributed by atoms with Crippen molar-refractivity contribution in [1.29, 1.82) is 0 Å². The van der Waals surface area contributed by atoms with Crippen molar-refractivity contribution in [3.05, 3.63) is 0 Å². The first kappa shape index (κ1) is 21.8. The Morgan fingerprint density at radius 2 is 1.76 bits per heavy atom. The molecule has 0 aromatic heterocycles. The molecule has 0 aromatic carbocycles. The Morgan fingerprint density at radius 3 is 2.45 bits per heavy atom. The fourth-order valence-electron chi connectivity index (χ4n) is 7.00. The number of likely N-dealkylation sites (tertiary alicyclic amines) is 1. The summed E-state index contributed by atoms with van der Waals surface area (Å²) in [5.74, 6) is 3.39. The van der Waals surface area contributed by atoms with Crippen LogP contribution in [0.5, 0.6) is 0 Å². The summed E-state index contributed by atoms with van der Waals surface area (Å²) < 4.78 is 0. The van der Waals surface area contributed by atoms with Crippen LogP contribution in [0.15, 0.2) is 0 Å². The van der Waals surface area contributed by atoms with Crippen LogP contribution in [0.2, 0.25) is 13.1 Å². The molecule has 4 N–H and O–H groups in total.